The van der Waals surface area contributed by atoms with E-state index in [1.807, 2.05) is 23.2 Å². The summed E-state index contributed by atoms with van der Waals surface area (Å²) < 4.78 is 1.03. The van der Waals surface area contributed by atoms with E-state index < -0.39 is 0 Å². The van der Waals surface area contributed by atoms with Crippen LogP contribution < -0.4 is 0 Å². The van der Waals surface area contributed by atoms with Gasteiger partial charge in [0.25, 0.3) is 0 Å². The van der Waals surface area contributed by atoms with Gasteiger partial charge < -0.3 is 5.11 Å². The molecule has 0 bridgehead atoms. The molecule has 14 heavy (non-hydrogen) atoms. The highest BCUT2D eigenvalue weighted by molar-refractivity contribution is 9.10. The highest BCUT2D eigenvalue weighted by atomic mass is 79.9. The van der Waals surface area contributed by atoms with Gasteiger partial charge in [-0.1, -0.05) is 13.8 Å². The van der Waals surface area contributed by atoms with E-state index in [1.54, 1.807) is 11.3 Å². The van der Waals surface area contributed by atoms with E-state index in [-0.39, 0.29) is 6.10 Å². The summed E-state index contributed by atoms with van der Waals surface area (Å²) in [5.41, 5.74) is 0. The fourth-order valence-electron chi connectivity index (χ4n) is 0.992. The van der Waals surface area contributed by atoms with Gasteiger partial charge in [-0.05, 0) is 33.8 Å². The van der Waals surface area contributed by atoms with E-state index in [4.69, 9.17) is 0 Å². The van der Waals surface area contributed by atoms with Crippen LogP contribution in [0.5, 0.6) is 0 Å². The summed E-state index contributed by atoms with van der Waals surface area (Å²) >= 11 is 6.87. The van der Waals surface area contributed by atoms with Crippen LogP contribution >= 0.6 is 39.0 Å². The van der Waals surface area contributed by atoms with Crippen molar-refractivity contribution in [2.45, 2.75) is 31.6 Å². The molecule has 0 saturated heterocycles. The van der Waals surface area contributed by atoms with E-state index in [9.17, 15) is 5.11 Å². The molecule has 0 aliphatic heterocycles. The number of hydrogen-bond donors (Lipinski definition) is 1. The van der Waals surface area contributed by atoms with Gasteiger partial charge in [-0.15, -0.1) is 11.3 Å². The molecule has 1 aromatic heterocycles. The highest BCUT2D eigenvalue weighted by Crippen LogP contribution is 2.31. The van der Waals surface area contributed by atoms with Gasteiger partial charge in [0.15, 0.2) is 0 Å². The van der Waals surface area contributed by atoms with Crippen molar-refractivity contribution in [3.63, 3.8) is 0 Å². The maximum absolute atomic E-state index is 9.89. The summed E-state index contributed by atoms with van der Waals surface area (Å²) in [5, 5.41) is 12.5. The molecule has 0 fully saturated rings. The monoisotopic (exact) mass is 294 g/mol. The van der Waals surface area contributed by atoms with Crippen LogP contribution in [0.1, 0.15) is 31.2 Å². The van der Waals surface area contributed by atoms with Gasteiger partial charge in [-0.3, -0.25) is 0 Å². The molecule has 1 aromatic rings. The number of rotatable bonds is 5. The molecule has 80 valence electrons. The second-order valence-corrected chi connectivity index (χ2v) is 6.47. The summed E-state index contributed by atoms with van der Waals surface area (Å²) in [6.45, 7) is 4.37. The van der Waals surface area contributed by atoms with Gasteiger partial charge in [-0.25, -0.2) is 0 Å². The zero-order chi connectivity index (χ0) is 10.6. The largest absolute Gasteiger partial charge is 0.387 e. The Labute approximate surface area is 102 Å². The molecule has 1 heterocycles. The summed E-state index contributed by atoms with van der Waals surface area (Å²) in [7, 11) is 0. The van der Waals surface area contributed by atoms with Gasteiger partial charge in [-0.2, -0.15) is 11.8 Å². The third-order valence-corrected chi connectivity index (χ3v) is 5.44. The second-order valence-electron chi connectivity index (χ2n) is 3.20. The van der Waals surface area contributed by atoms with Gasteiger partial charge in [0.1, 0.15) is 0 Å². The van der Waals surface area contributed by atoms with Gasteiger partial charge in [0, 0.05) is 20.4 Å². The Morgan fingerprint density at radius 1 is 1.64 bits per heavy atom. The van der Waals surface area contributed by atoms with Gasteiger partial charge in [0.05, 0.1) is 6.10 Å². The van der Waals surface area contributed by atoms with E-state index in [2.05, 4.69) is 29.8 Å². The van der Waals surface area contributed by atoms with Crippen molar-refractivity contribution in [2.75, 3.05) is 5.75 Å². The molecule has 4 heteroatoms. The Kier molecular flexibility index (Phi) is 5.52. The van der Waals surface area contributed by atoms with E-state index >= 15 is 0 Å². The van der Waals surface area contributed by atoms with Gasteiger partial charge in [0.2, 0.25) is 0 Å². The third kappa shape index (κ3) is 3.57. The molecule has 1 N–H and O–H groups in total. The molecular formula is C10H15BrOS2. The first-order valence-corrected chi connectivity index (χ1v) is 7.39. The molecule has 1 nitrogen and oxygen atoms in total. The minimum atomic E-state index is -0.330. The van der Waals surface area contributed by atoms with Crippen LogP contribution in [0, 0.1) is 0 Å². The molecule has 0 radical (unpaired) electrons. The highest BCUT2D eigenvalue weighted by Gasteiger charge is 2.13. The number of aliphatic hydroxyl groups is 1. The van der Waals surface area contributed by atoms with Crippen molar-refractivity contribution in [3.05, 3.63) is 20.8 Å². The fourth-order valence-corrected chi connectivity index (χ4v) is 3.63. The molecule has 2 atom stereocenters. The van der Waals surface area contributed by atoms with Crippen molar-refractivity contribution in [1.82, 2.24) is 0 Å². The molecule has 0 aromatic carbocycles. The number of hydrogen-bond acceptors (Lipinski definition) is 3. The Hall–Kier alpha value is 0.490. The van der Waals surface area contributed by atoms with Crippen LogP contribution in [0.2, 0.25) is 0 Å². The molecule has 2 unspecified atom stereocenters. The zero-order valence-corrected chi connectivity index (χ0v) is 11.6. The molecule has 0 spiro atoms. The average molecular weight is 295 g/mol. The van der Waals surface area contributed by atoms with Crippen LogP contribution in [-0.4, -0.2) is 16.1 Å². The summed E-state index contributed by atoms with van der Waals surface area (Å²) in [6, 6.07) is 1.98. The Morgan fingerprint density at radius 2 is 2.36 bits per heavy atom. The molecule has 0 amide bonds. The molecular weight excluding hydrogens is 280 g/mol. The fraction of sp³-hybridized carbons (Fsp3) is 0.600. The Balaban J connectivity index is 2.43. The summed E-state index contributed by atoms with van der Waals surface area (Å²) in [5.74, 6) is 0.786. The van der Waals surface area contributed by atoms with Crippen molar-refractivity contribution in [1.29, 1.82) is 0 Å². The maximum Gasteiger partial charge on any atom is 0.0983 e. The lowest BCUT2D eigenvalue weighted by atomic mass is 10.3. The minimum absolute atomic E-state index is 0.330. The third-order valence-electron chi connectivity index (χ3n) is 2.06. The standard InChI is InChI=1S/C10H15BrOS2/c1-3-7(2)14-6-9(12)10-8(11)4-5-13-10/h4-5,7,9,12H,3,6H2,1-2H3. The minimum Gasteiger partial charge on any atom is -0.387 e. The van der Waals surface area contributed by atoms with Crippen LogP contribution in [0.4, 0.5) is 0 Å². The lowest BCUT2D eigenvalue weighted by Gasteiger charge is -2.12. The Morgan fingerprint density at radius 3 is 2.86 bits per heavy atom. The van der Waals surface area contributed by atoms with Crippen molar-refractivity contribution >= 4 is 39.0 Å². The van der Waals surface area contributed by atoms with E-state index in [0.717, 1.165) is 21.5 Å². The lowest BCUT2D eigenvalue weighted by molar-refractivity contribution is 0.207. The normalized spacial score (nSPS) is 15.4. The Bertz CT molecular complexity index is 275. The summed E-state index contributed by atoms with van der Waals surface area (Å²) in [6.07, 6.45) is 0.826. The second kappa shape index (κ2) is 6.16. The van der Waals surface area contributed by atoms with E-state index in [1.165, 1.54) is 0 Å². The predicted molar refractivity (Wildman–Crippen MR) is 69.2 cm³/mol. The topological polar surface area (TPSA) is 20.2 Å². The summed E-state index contributed by atoms with van der Waals surface area (Å²) in [4.78, 5) is 1.04. The van der Waals surface area contributed by atoms with E-state index in [0.29, 0.717) is 5.25 Å². The lowest BCUT2D eigenvalue weighted by Crippen LogP contribution is -2.03. The van der Waals surface area contributed by atoms with Crippen molar-refractivity contribution < 1.29 is 5.11 Å². The van der Waals surface area contributed by atoms with Crippen molar-refractivity contribution in [3.8, 4) is 0 Å². The molecule has 0 saturated carbocycles. The zero-order valence-electron chi connectivity index (χ0n) is 8.37. The average Bonchev–Trinajstić information content (AvgIpc) is 2.60. The number of thiophene rings is 1. The molecule has 0 aliphatic rings. The molecule has 1 rings (SSSR count). The van der Waals surface area contributed by atoms with Crippen LogP contribution in [0.25, 0.3) is 0 Å². The predicted octanol–water partition coefficient (Wildman–Crippen LogP) is 4.08. The SMILES string of the molecule is CCC(C)SCC(O)c1sccc1Br. The van der Waals surface area contributed by atoms with Crippen LogP contribution in [0.15, 0.2) is 15.9 Å². The van der Waals surface area contributed by atoms with Crippen molar-refractivity contribution in [2.24, 2.45) is 0 Å². The smallest absolute Gasteiger partial charge is 0.0983 e. The number of thioether (sulfide) groups is 1. The first kappa shape index (κ1) is 12.6. The number of halogens is 1. The van der Waals surface area contributed by atoms with Crippen LogP contribution in [0.3, 0.4) is 0 Å². The maximum atomic E-state index is 9.89. The van der Waals surface area contributed by atoms with Gasteiger partial charge >= 0.3 is 0 Å². The van der Waals surface area contributed by atoms with Crippen LogP contribution in [-0.2, 0) is 0 Å². The first-order valence-electron chi connectivity index (χ1n) is 4.67. The quantitative estimate of drug-likeness (QED) is 0.883. The molecule has 0 aliphatic carbocycles. The first-order chi connectivity index (χ1) is 6.65. The number of aliphatic hydroxyl groups excluding tert-OH is 1.